The number of ether oxygens (including phenoxy) is 1. The number of rotatable bonds is 2. The molecular weight excluding hydrogens is 255 g/mol. The SMILES string of the molecule is COc1ccc(N2Cc3ccc(F)cc3C2=N)c(C)c1. The van der Waals surface area contributed by atoms with E-state index >= 15 is 0 Å². The number of nitrogens with zero attached hydrogens (tertiary/aromatic N) is 1. The Morgan fingerprint density at radius 3 is 2.70 bits per heavy atom. The summed E-state index contributed by atoms with van der Waals surface area (Å²) in [5.41, 5.74) is 3.63. The summed E-state index contributed by atoms with van der Waals surface area (Å²) in [6.45, 7) is 2.58. The zero-order valence-corrected chi connectivity index (χ0v) is 11.4. The summed E-state index contributed by atoms with van der Waals surface area (Å²) in [6.07, 6.45) is 0. The van der Waals surface area contributed by atoms with Gasteiger partial charge in [-0.3, -0.25) is 5.41 Å². The highest BCUT2D eigenvalue weighted by Crippen LogP contribution is 2.32. The molecule has 0 amide bonds. The highest BCUT2D eigenvalue weighted by atomic mass is 19.1. The predicted octanol–water partition coefficient (Wildman–Crippen LogP) is 3.49. The Balaban J connectivity index is 2.00. The summed E-state index contributed by atoms with van der Waals surface area (Å²) >= 11 is 0. The molecule has 0 atom stereocenters. The van der Waals surface area contributed by atoms with Crippen LogP contribution in [0.4, 0.5) is 10.1 Å². The van der Waals surface area contributed by atoms with Gasteiger partial charge in [0.25, 0.3) is 0 Å². The first-order valence-corrected chi connectivity index (χ1v) is 6.39. The second-order valence-electron chi connectivity index (χ2n) is 4.89. The van der Waals surface area contributed by atoms with Gasteiger partial charge in [0.2, 0.25) is 0 Å². The molecule has 1 aliphatic heterocycles. The van der Waals surface area contributed by atoms with Gasteiger partial charge in [0.05, 0.1) is 13.7 Å². The van der Waals surface area contributed by atoms with E-state index in [-0.39, 0.29) is 5.82 Å². The van der Waals surface area contributed by atoms with Crippen molar-refractivity contribution in [1.29, 1.82) is 5.41 Å². The van der Waals surface area contributed by atoms with Crippen LogP contribution in [0.3, 0.4) is 0 Å². The number of amidine groups is 1. The molecular formula is C16H15FN2O. The van der Waals surface area contributed by atoms with Gasteiger partial charge >= 0.3 is 0 Å². The van der Waals surface area contributed by atoms with Crippen LogP contribution in [0.15, 0.2) is 36.4 Å². The van der Waals surface area contributed by atoms with Crippen molar-refractivity contribution < 1.29 is 9.13 Å². The van der Waals surface area contributed by atoms with Gasteiger partial charge in [-0.2, -0.15) is 0 Å². The molecule has 0 fully saturated rings. The van der Waals surface area contributed by atoms with E-state index in [1.165, 1.54) is 12.1 Å². The number of hydrogen-bond acceptors (Lipinski definition) is 2. The third-order valence-corrected chi connectivity index (χ3v) is 3.62. The first kappa shape index (κ1) is 12.7. The minimum atomic E-state index is -0.304. The number of anilines is 1. The van der Waals surface area contributed by atoms with E-state index in [0.29, 0.717) is 17.9 Å². The molecule has 2 aromatic rings. The van der Waals surface area contributed by atoms with E-state index in [2.05, 4.69) is 0 Å². The Morgan fingerprint density at radius 2 is 2.00 bits per heavy atom. The third kappa shape index (κ3) is 1.93. The van der Waals surface area contributed by atoms with Crippen molar-refractivity contribution in [2.24, 2.45) is 0 Å². The van der Waals surface area contributed by atoms with Gasteiger partial charge in [0, 0.05) is 11.3 Å². The summed E-state index contributed by atoms with van der Waals surface area (Å²) in [6, 6.07) is 10.4. The number of methoxy groups -OCH3 is 1. The average molecular weight is 270 g/mol. The Kier molecular flexibility index (Phi) is 2.93. The summed E-state index contributed by atoms with van der Waals surface area (Å²) in [4.78, 5) is 1.89. The van der Waals surface area contributed by atoms with E-state index in [1.54, 1.807) is 13.2 Å². The molecule has 3 nitrogen and oxygen atoms in total. The number of fused-ring (bicyclic) bond motifs is 1. The quantitative estimate of drug-likeness (QED) is 0.906. The van der Waals surface area contributed by atoms with Gasteiger partial charge in [-0.15, -0.1) is 0 Å². The van der Waals surface area contributed by atoms with E-state index in [1.807, 2.05) is 30.0 Å². The monoisotopic (exact) mass is 270 g/mol. The molecule has 0 unspecified atom stereocenters. The van der Waals surface area contributed by atoms with Crippen LogP contribution in [0, 0.1) is 18.2 Å². The van der Waals surface area contributed by atoms with Crippen LogP contribution in [0.2, 0.25) is 0 Å². The molecule has 0 radical (unpaired) electrons. The van der Waals surface area contributed by atoms with Gasteiger partial charge < -0.3 is 9.64 Å². The van der Waals surface area contributed by atoms with Crippen molar-refractivity contribution >= 4 is 11.5 Å². The second-order valence-corrected chi connectivity index (χ2v) is 4.89. The van der Waals surface area contributed by atoms with Crippen molar-refractivity contribution in [2.45, 2.75) is 13.5 Å². The lowest BCUT2D eigenvalue weighted by atomic mass is 10.1. The van der Waals surface area contributed by atoms with Crippen molar-refractivity contribution in [2.75, 3.05) is 12.0 Å². The van der Waals surface area contributed by atoms with Gasteiger partial charge in [-0.1, -0.05) is 6.07 Å². The van der Waals surface area contributed by atoms with Crippen molar-refractivity contribution in [3.05, 3.63) is 58.9 Å². The number of aryl methyl sites for hydroxylation is 1. The molecule has 0 bridgehead atoms. The minimum absolute atomic E-state index is 0.304. The van der Waals surface area contributed by atoms with Gasteiger partial charge in [-0.05, 0) is 48.4 Å². The molecule has 0 spiro atoms. The predicted molar refractivity (Wildman–Crippen MR) is 77.1 cm³/mol. The lowest BCUT2D eigenvalue weighted by Crippen LogP contribution is -2.23. The molecule has 20 heavy (non-hydrogen) atoms. The number of halogens is 1. The topological polar surface area (TPSA) is 36.3 Å². The maximum atomic E-state index is 13.3. The van der Waals surface area contributed by atoms with Crippen molar-refractivity contribution in [3.8, 4) is 5.75 Å². The summed E-state index contributed by atoms with van der Waals surface area (Å²) < 4.78 is 18.5. The molecule has 1 aliphatic rings. The van der Waals surface area contributed by atoms with Crippen molar-refractivity contribution in [3.63, 3.8) is 0 Å². The van der Waals surface area contributed by atoms with Crippen LogP contribution in [-0.4, -0.2) is 12.9 Å². The average Bonchev–Trinajstić information content (AvgIpc) is 2.76. The van der Waals surface area contributed by atoms with Crippen LogP contribution in [0.5, 0.6) is 5.75 Å². The molecule has 0 saturated carbocycles. The lowest BCUT2D eigenvalue weighted by molar-refractivity contribution is 0.414. The normalized spacial score (nSPS) is 13.6. The fourth-order valence-corrected chi connectivity index (χ4v) is 2.57. The first-order chi connectivity index (χ1) is 9.60. The van der Waals surface area contributed by atoms with Crippen LogP contribution >= 0.6 is 0 Å². The zero-order chi connectivity index (χ0) is 14.3. The number of benzene rings is 2. The molecule has 1 N–H and O–H groups in total. The maximum Gasteiger partial charge on any atom is 0.133 e. The fraction of sp³-hybridized carbons (Fsp3) is 0.188. The van der Waals surface area contributed by atoms with E-state index < -0.39 is 0 Å². The van der Waals surface area contributed by atoms with Crippen molar-refractivity contribution in [1.82, 2.24) is 0 Å². The number of hydrogen-bond donors (Lipinski definition) is 1. The molecule has 0 aromatic heterocycles. The Bertz CT molecular complexity index is 697. The smallest absolute Gasteiger partial charge is 0.133 e. The molecule has 0 aliphatic carbocycles. The highest BCUT2D eigenvalue weighted by Gasteiger charge is 2.26. The van der Waals surface area contributed by atoms with Crippen LogP contribution in [0.25, 0.3) is 0 Å². The van der Waals surface area contributed by atoms with Gasteiger partial charge in [0.15, 0.2) is 0 Å². The molecule has 4 heteroatoms. The number of nitrogens with one attached hydrogen (secondary N) is 1. The Morgan fingerprint density at radius 1 is 1.20 bits per heavy atom. The Labute approximate surface area is 117 Å². The molecule has 2 aromatic carbocycles. The van der Waals surface area contributed by atoms with Crippen LogP contribution < -0.4 is 9.64 Å². The lowest BCUT2D eigenvalue weighted by Gasteiger charge is -2.20. The zero-order valence-electron chi connectivity index (χ0n) is 11.4. The largest absolute Gasteiger partial charge is 0.497 e. The first-order valence-electron chi connectivity index (χ1n) is 6.39. The summed E-state index contributed by atoms with van der Waals surface area (Å²) in [5.74, 6) is 0.829. The standard InChI is InChI=1S/C16H15FN2O/c1-10-7-13(20-2)5-6-15(10)19-9-11-3-4-12(17)8-14(11)16(19)18/h3-8,18H,9H2,1-2H3. The maximum absolute atomic E-state index is 13.3. The molecule has 102 valence electrons. The third-order valence-electron chi connectivity index (χ3n) is 3.62. The fourth-order valence-electron chi connectivity index (χ4n) is 2.57. The molecule has 1 heterocycles. The summed E-state index contributed by atoms with van der Waals surface area (Å²) in [7, 11) is 1.63. The summed E-state index contributed by atoms with van der Waals surface area (Å²) in [5, 5.41) is 8.25. The highest BCUT2D eigenvalue weighted by molar-refractivity contribution is 6.12. The van der Waals surface area contributed by atoms with Gasteiger partial charge in [0.1, 0.15) is 17.4 Å². The Hall–Kier alpha value is -2.36. The molecule has 0 saturated heterocycles. The minimum Gasteiger partial charge on any atom is -0.497 e. The van der Waals surface area contributed by atoms with Gasteiger partial charge in [-0.25, -0.2) is 4.39 Å². The van der Waals surface area contributed by atoms with Crippen LogP contribution in [-0.2, 0) is 6.54 Å². The molecule has 3 rings (SSSR count). The van der Waals surface area contributed by atoms with E-state index in [0.717, 1.165) is 22.6 Å². The second kappa shape index (κ2) is 4.63. The van der Waals surface area contributed by atoms with E-state index in [4.69, 9.17) is 10.1 Å². The van der Waals surface area contributed by atoms with E-state index in [9.17, 15) is 4.39 Å². The van der Waals surface area contributed by atoms with Crippen LogP contribution in [0.1, 0.15) is 16.7 Å².